The zero-order valence-electron chi connectivity index (χ0n) is 52.3. The molecule has 0 aliphatic carbocycles. The molecule has 99 heavy (non-hydrogen) atoms. The molecular formula is C50H86GdN11O37. The standard InChI is InChI=1S/C50H87N11O36.Gd.H2O/c62-18-30(70)47(90)43(86)26(66)9-53-94-22-36(76)60(37(77)23-95-54-10-27(67)44(87)48(91)31(71)19-63)3-1-51-34(74)13-58(16-41(82)83)7-5-57(15-40(80)81)6-8-59(17-42(84)85)14-35(75)52-2-4-61(38(78)24-96-55-11-28(68)45(88)49(92)32(72)20-64)39(79)25-97-56-12-29(69)46(89)50(93)33(73)21-65;;/h9-12,26-33,43-50,62-73,86-93H,1-8,13-25H2,(H,51,74)(H,52,75)(H,80,81)(H,82,83)(H,84,85);;1H2/q;+3;/p-3/b53-9+,54-10+,55-11+,56-12+;;/t26-,27-,28-,29+,30?,31?,32?,33?,43?,44?,45?,46?,47?,48?,49?,50?;;/m1../s1. The SMILES string of the molecule is O.O=C([O-])CN(CCN(CC(=O)[O-])CC(=O)NCCN(C(=O)CO/N=C/[C@@H](O)C(O)C(O)C(O)CO)C(=O)CO/N=C/[C@@H](O)C(O)C(O)C(O)CO)CCN(CC(=O)[O-])CC(=O)NCCN(C(=O)CO/N=C/[C@@H](O)C(O)C(O)C(O)CO)C(=O)CO/N=C/[C@H](O)C(O)C(O)C(O)CO.[Gd+3]. The van der Waals surface area contributed by atoms with Crippen molar-refractivity contribution in [2.24, 2.45) is 20.6 Å². The quantitative estimate of drug-likeness (QED) is 0.0199. The maximum absolute atomic E-state index is 13.2. The van der Waals surface area contributed by atoms with Crippen LogP contribution in [0.2, 0.25) is 0 Å². The molecule has 0 aliphatic rings. The number of rotatable bonds is 54. The van der Waals surface area contributed by atoms with Gasteiger partial charge in [0.1, 0.15) is 97.7 Å². The van der Waals surface area contributed by atoms with E-state index in [0.717, 1.165) is 14.7 Å². The molecule has 0 bridgehead atoms. The minimum Gasteiger partial charge on any atom is -0.549 e. The third-order valence-electron chi connectivity index (χ3n) is 12.8. The van der Waals surface area contributed by atoms with Crippen molar-refractivity contribution in [3.63, 3.8) is 0 Å². The van der Waals surface area contributed by atoms with Gasteiger partial charge in [-0.25, -0.2) is 0 Å². The third-order valence-corrected chi connectivity index (χ3v) is 12.8. The molecule has 16 atom stereocenters. The summed E-state index contributed by atoms with van der Waals surface area (Å²) in [7, 11) is 0. The van der Waals surface area contributed by atoms with Gasteiger partial charge in [-0.1, -0.05) is 20.6 Å². The average Bonchev–Trinajstić information content (AvgIpc) is 0.948. The van der Waals surface area contributed by atoms with Crippen LogP contribution >= 0.6 is 0 Å². The van der Waals surface area contributed by atoms with Crippen molar-refractivity contribution in [2.75, 3.05) is 138 Å². The Hall–Kier alpha value is -6.13. The van der Waals surface area contributed by atoms with Crippen LogP contribution in [0.5, 0.6) is 0 Å². The third kappa shape index (κ3) is 40.2. The first-order valence-corrected chi connectivity index (χ1v) is 28.5. The van der Waals surface area contributed by atoms with Gasteiger partial charge in [0.2, 0.25) is 11.8 Å². The topological polar surface area (TPSA) is 786 Å². The first-order valence-electron chi connectivity index (χ1n) is 28.5. The Bertz CT molecular complexity index is 2240. The molecular weight excluding hydrogens is 1500 g/mol. The second-order valence-corrected chi connectivity index (χ2v) is 20.4. The summed E-state index contributed by atoms with van der Waals surface area (Å²) in [6.45, 7) is -17.9. The summed E-state index contributed by atoms with van der Waals surface area (Å²) in [6.07, 6.45) is -31.1. The minimum absolute atomic E-state index is 0. The van der Waals surface area contributed by atoms with Crippen LogP contribution in [0.15, 0.2) is 20.6 Å². The molecule has 0 fully saturated rings. The van der Waals surface area contributed by atoms with Crippen LogP contribution in [0.4, 0.5) is 0 Å². The Labute approximate surface area is 592 Å². The molecule has 24 N–H and O–H groups in total. The predicted molar refractivity (Wildman–Crippen MR) is 310 cm³/mol. The maximum Gasteiger partial charge on any atom is 3.00 e. The average molecular weight is 1590 g/mol. The van der Waals surface area contributed by atoms with Crippen molar-refractivity contribution >= 4 is 78.2 Å². The number of nitrogens with one attached hydrogen (secondary N) is 2. The number of hydrogen-bond acceptors (Lipinski definition) is 43. The molecule has 0 saturated heterocycles. The van der Waals surface area contributed by atoms with Gasteiger partial charge in [-0.15, -0.1) is 0 Å². The molecule has 1 radical (unpaired) electrons. The van der Waals surface area contributed by atoms with Gasteiger partial charge < -0.3 is 167 Å². The summed E-state index contributed by atoms with van der Waals surface area (Å²) in [5.74, 6) is -12.4. The van der Waals surface area contributed by atoms with Crippen molar-refractivity contribution in [3.05, 3.63) is 0 Å². The van der Waals surface area contributed by atoms with E-state index in [4.69, 9.17) is 39.8 Å². The monoisotopic (exact) mass is 1590 g/mol. The Morgan fingerprint density at radius 3 is 0.768 bits per heavy atom. The van der Waals surface area contributed by atoms with E-state index in [-0.39, 0.29) is 45.4 Å². The fourth-order valence-electron chi connectivity index (χ4n) is 7.33. The molecule has 12 unspecified atom stereocenters. The van der Waals surface area contributed by atoms with E-state index in [0.29, 0.717) is 34.7 Å². The normalized spacial score (nSPS) is 16.7. The van der Waals surface area contributed by atoms with Gasteiger partial charge in [0.15, 0.2) is 26.4 Å². The van der Waals surface area contributed by atoms with Gasteiger partial charge in [-0.3, -0.25) is 53.3 Å². The number of amides is 6. The summed E-state index contributed by atoms with van der Waals surface area (Å²) in [4.78, 5) is 137. The maximum atomic E-state index is 13.2. The second-order valence-electron chi connectivity index (χ2n) is 20.4. The smallest absolute Gasteiger partial charge is 0.549 e. The summed E-state index contributed by atoms with van der Waals surface area (Å²) in [5.41, 5.74) is 0. The second kappa shape index (κ2) is 53.7. The number of aliphatic carboxylic acids is 3. The molecule has 48 nitrogen and oxygen atoms in total. The van der Waals surface area contributed by atoms with Crippen molar-refractivity contribution in [1.82, 2.24) is 35.1 Å². The summed E-state index contributed by atoms with van der Waals surface area (Å²) < 4.78 is 0. The van der Waals surface area contributed by atoms with Gasteiger partial charge in [-0.2, -0.15) is 0 Å². The van der Waals surface area contributed by atoms with Crippen LogP contribution in [0.25, 0.3) is 0 Å². The molecule has 6 amide bonds. The zero-order chi connectivity index (χ0) is 74.1. The van der Waals surface area contributed by atoms with Gasteiger partial charge in [0.05, 0.1) is 82.3 Å². The molecule has 0 aromatic carbocycles. The number of nitrogens with zero attached hydrogens (tertiary/aromatic N) is 9. The fraction of sp³-hybridized carbons (Fsp3) is 0.740. The van der Waals surface area contributed by atoms with Crippen molar-refractivity contribution in [3.8, 4) is 0 Å². The Kier molecular flexibility index (Phi) is 52.6. The number of carbonyl (C=O) groups excluding carboxylic acids is 9. The predicted octanol–water partition coefficient (Wildman–Crippen LogP) is -23.0. The molecule has 0 aliphatic heterocycles. The number of aliphatic hydroxyl groups excluding tert-OH is 20. The van der Waals surface area contributed by atoms with Crippen LogP contribution in [-0.2, 0) is 62.5 Å². The first-order chi connectivity index (χ1) is 45.6. The van der Waals surface area contributed by atoms with E-state index in [9.17, 15) is 140 Å². The van der Waals surface area contributed by atoms with Crippen LogP contribution < -0.4 is 26.0 Å². The van der Waals surface area contributed by atoms with Crippen molar-refractivity contribution in [2.45, 2.75) is 97.7 Å². The van der Waals surface area contributed by atoms with Crippen LogP contribution in [0.3, 0.4) is 0 Å². The number of aliphatic hydroxyl groups is 20. The van der Waals surface area contributed by atoms with E-state index in [1.54, 1.807) is 0 Å². The molecule has 0 heterocycles. The van der Waals surface area contributed by atoms with E-state index < -0.39 is 289 Å². The molecule has 0 spiro atoms. The van der Waals surface area contributed by atoms with Crippen LogP contribution in [0.1, 0.15) is 0 Å². The van der Waals surface area contributed by atoms with Gasteiger partial charge >= 0.3 is 39.9 Å². The molecule has 0 aromatic heterocycles. The fourth-order valence-corrected chi connectivity index (χ4v) is 7.33. The Morgan fingerprint density at radius 2 is 0.556 bits per heavy atom. The Balaban J connectivity index is -0.0000461. The van der Waals surface area contributed by atoms with Crippen LogP contribution in [-0.4, -0.2) is 446 Å². The van der Waals surface area contributed by atoms with Gasteiger partial charge in [0.25, 0.3) is 23.6 Å². The summed E-state index contributed by atoms with van der Waals surface area (Å²) >= 11 is 0. The molecule has 571 valence electrons. The molecule has 49 heteroatoms. The van der Waals surface area contributed by atoms with Gasteiger partial charge in [0, 0.05) is 72.0 Å². The van der Waals surface area contributed by atoms with Crippen molar-refractivity contribution < 1.29 is 225 Å². The number of imide groups is 2. The number of carboxylic acid groups (broad SMARTS) is 3. The van der Waals surface area contributed by atoms with Crippen LogP contribution in [0, 0.1) is 39.9 Å². The number of oxime groups is 4. The number of carboxylic acids is 3. The molecule has 0 aromatic rings. The van der Waals surface area contributed by atoms with E-state index in [2.05, 4.69) is 31.3 Å². The number of hydrogen-bond donors (Lipinski definition) is 22. The first kappa shape index (κ1) is 97.1. The summed E-state index contributed by atoms with van der Waals surface area (Å²) in [5, 5.41) is 245. The Morgan fingerprint density at radius 1 is 0.343 bits per heavy atom. The number of carbonyl (C=O) groups is 9. The van der Waals surface area contributed by atoms with Crippen molar-refractivity contribution in [1.29, 1.82) is 0 Å². The zero-order valence-corrected chi connectivity index (χ0v) is 54.5. The van der Waals surface area contributed by atoms with Gasteiger partial charge in [-0.05, 0) is 0 Å². The van der Waals surface area contributed by atoms with E-state index in [1.807, 2.05) is 0 Å². The molecule has 0 rings (SSSR count). The minimum atomic E-state index is -2.15. The van der Waals surface area contributed by atoms with E-state index in [1.165, 1.54) is 0 Å². The summed E-state index contributed by atoms with van der Waals surface area (Å²) in [6, 6.07) is 0. The molecule has 0 saturated carbocycles. The largest absolute Gasteiger partial charge is 3.00 e. The van der Waals surface area contributed by atoms with E-state index >= 15 is 0 Å².